The minimum Gasteiger partial charge on any atom is -0.387 e. The number of nitrogens with two attached hydrogens (primary N) is 1. The zero-order chi connectivity index (χ0) is 59.0. The Morgan fingerprint density at radius 1 is 0.926 bits per heavy atom. The van der Waals surface area contributed by atoms with Gasteiger partial charge in [-0.1, -0.05) is 70.2 Å². The average molecular weight is 1130 g/mol. The van der Waals surface area contributed by atoms with Gasteiger partial charge in [-0.15, -0.1) is 0 Å². The van der Waals surface area contributed by atoms with E-state index >= 15 is 4.39 Å². The molecule has 2 unspecified atom stereocenters. The van der Waals surface area contributed by atoms with Crippen LogP contribution in [0.3, 0.4) is 0 Å². The summed E-state index contributed by atoms with van der Waals surface area (Å²) in [4.78, 5) is 127. The van der Waals surface area contributed by atoms with Gasteiger partial charge >= 0.3 is 0 Å². The average Bonchev–Trinajstić information content (AvgIpc) is 4.17. The molecule has 0 aliphatic carbocycles. The van der Waals surface area contributed by atoms with Gasteiger partial charge in [0.15, 0.2) is 0 Å². The monoisotopic (exact) mass is 1130 g/mol. The lowest BCUT2D eigenvalue weighted by molar-refractivity contribution is -0.145. The van der Waals surface area contributed by atoms with Crippen LogP contribution in [0, 0.1) is 28.9 Å². The van der Waals surface area contributed by atoms with Crippen molar-refractivity contribution in [2.75, 3.05) is 45.9 Å². The number of allylic oxidation sites excluding steroid dienone is 1. The van der Waals surface area contributed by atoms with Gasteiger partial charge in [0.25, 0.3) is 5.91 Å². The first-order valence-electron chi connectivity index (χ1n) is 27.0. The second-order valence-electron chi connectivity index (χ2n) is 21.5. The zero-order valence-corrected chi connectivity index (χ0v) is 45.9. The number of hydrogen-bond acceptors (Lipinski definition) is 13. The van der Waals surface area contributed by atoms with Crippen LogP contribution in [0.1, 0.15) is 89.9 Å². The normalized spacial score (nSPS) is 18.1. The van der Waals surface area contributed by atoms with Crippen molar-refractivity contribution in [1.29, 1.82) is 0 Å². The fourth-order valence-corrected chi connectivity index (χ4v) is 10.1. The van der Waals surface area contributed by atoms with Gasteiger partial charge < -0.3 is 52.0 Å². The van der Waals surface area contributed by atoms with Crippen LogP contribution in [0.4, 0.5) is 8.78 Å². The number of likely N-dealkylation sites (tertiary alicyclic amines) is 1. The fourth-order valence-electron chi connectivity index (χ4n) is 10.1. The third-order valence-electron chi connectivity index (χ3n) is 14.2. The lowest BCUT2D eigenvalue weighted by Crippen LogP contribution is -2.58. The Kier molecular flexibility index (Phi) is 22.3. The van der Waals surface area contributed by atoms with Gasteiger partial charge in [0, 0.05) is 99.5 Å². The van der Waals surface area contributed by atoms with E-state index in [2.05, 4.69) is 31.6 Å². The largest absolute Gasteiger partial charge is 0.387 e. The van der Waals surface area contributed by atoms with Crippen LogP contribution in [0.15, 0.2) is 90.2 Å². The van der Waals surface area contributed by atoms with E-state index in [4.69, 9.17) is 5.73 Å². The molecule has 24 heteroatoms. The van der Waals surface area contributed by atoms with E-state index in [1.807, 2.05) is 57.2 Å². The number of carbonyl (C=O) groups is 9. The highest BCUT2D eigenvalue weighted by Gasteiger charge is 2.41. The number of amides is 9. The number of imide groups is 1. The summed E-state index contributed by atoms with van der Waals surface area (Å²) in [6.07, 6.45) is 8.55. The number of primary amides is 1. The number of rotatable bonds is 27. The van der Waals surface area contributed by atoms with Crippen molar-refractivity contribution < 1.29 is 62.1 Å². The van der Waals surface area contributed by atoms with Crippen molar-refractivity contribution in [2.24, 2.45) is 28.0 Å². The molecule has 9 N–H and O–H groups in total. The van der Waals surface area contributed by atoms with Crippen molar-refractivity contribution in [3.63, 3.8) is 0 Å². The van der Waals surface area contributed by atoms with Crippen LogP contribution in [-0.2, 0) is 49.7 Å². The molecule has 4 heterocycles. The highest BCUT2D eigenvalue weighted by atomic mass is 19.1. The maximum Gasteiger partial charge on any atom is 0.253 e. The standard InChI is InChI=1S/C57H73F2N11O11/c1-35(30-64-47(73)26-36-17-20-61-21-18-36)56(81)68-24-9-12-44(68)55(80)66-43(29-46(60)72)54(79)65-42(53(78)63-23-22-62-48(74)33-70-49(75)13-8-14-50(70)76)19-25-69(51(77)34-71)52(57(2,3)4)45-27-38(40-28-39(58)15-16-41(40)59)32-67(45)31-37-10-6-5-7-11-37/h5-8,10-11,13,15-17,20-21,27-28,32,35-36,42-44,52,56,71,81H,9,12,14,18-19,22-26,29-31,33-34H2,1-4H3,(H2,60,72)(H,62,74)(H,63,78)(H,64,73)(H,65,79)(H,66,80)/t35-,36?,42+,43+,44-,52+,56?/m1/s1. The summed E-state index contributed by atoms with van der Waals surface area (Å²) < 4.78 is 31.9. The van der Waals surface area contributed by atoms with Gasteiger partial charge in [0.05, 0.1) is 18.5 Å². The highest BCUT2D eigenvalue weighted by Crippen LogP contribution is 2.41. The second-order valence-corrected chi connectivity index (χ2v) is 21.5. The summed E-state index contributed by atoms with van der Waals surface area (Å²) in [5, 5.41) is 35.2. The summed E-state index contributed by atoms with van der Waals surface area (Å²) in [5.41, 5.74) is 6.22. The first-order chi connectivity index (χ1) is 38.5. The molecular formula is C57H73F2N11O11. The van der Waals surface area contributed by atoms with E-state index in [1.165, 1.54) is 22.0 Å². The molecule has 22 nitrogen and oxygen atoms in total. The minimum atomic E-state index is -1.67. The Morgan fingerprint density at radius 2 is 1.67 bits per heavy atom. The van der Waals surface area contributed by atoms with Crippen LogP contribution in [-0.4, -0.2) is 159 Å². The Morgan fingerprint density at radius 3 is 2.35 bits per heavy atom. The number of nitrogens with zero attached hydrogens (tertiary/aromatic N) is 5. The summed E-state index contributed by atoms with van der Waals surface area (Å²) >= 11 is 0. The molecule has 1 fully saturated rings. The fraction of sp³-hybridized carbons (Fsp3) is 0.474. The molecule has 3 aliphatic rings. The van der Waals surface area contributed by atoms with Crippen LogP contribution in [0.5, 0.6) is 0 Å². The van der Waals surface area contributed by atoms with E-state index in [-0.39, 0.29) is 87.9 Å². The molecule has 436 valence electrons. The molecular weight excluding hydrogens is 1050 g/mol. The Balaban J connectivity index is 1.24. The zero-order valence-electron chi connectivity index (χ0n) is 45.9. The number of aliphatic hydroxyl groups excluding tert-OH is 2. The predicted molar refractivity (Wildman–Crippen MR) is 293 cm³/mol. The van der Waals surface area contributed by atoms with Crippen molar-refractivity contribution in [2.45, 2.75) is 110 Å². The molecule has 3 aliphatic heterocycles. The van der Waals surface area contributed by atoms with Crippen molar-refractivity contribution >= 4 is 59.4 Å². The van der Waals surface area contributed by atoms with Crippen molar-refractivity contribution in [3.8, 4) is 11.1 Å². The van der Waals surface area contributed by atoms with E-state index < -0.39 is 120 Å². The summed E-state index contributed by atoms with van der Waals surface area (Å²) in [6, 6.07) is 8.67. The molecule has 0 radical (unpaired) electrons. The number of carbonyl (C=O) groups excluding carboxylic acids is 9. The Hall–Kier alpha value is -7.96. The number of benzene rings is 2. The highest BCUT2D eigenvalue weighted by molar-refractivity contribution is 6.06. The number of nitrogens with one attached hydrogen (secondary N) is 5. The molecule has 81 heavy (non-hydrogen) atoms. The number of aliphatic hydroxyl groups is 2. The van der Waals surface area contributed by atoms with Crippen LogP contribution >= 0.6 is 0 Å². The molecule has 7 atom stereocenters. The molecule has 0 saturated carbocycles. The topological polar surface area (TPSA) is 307 Å². The number of halogens is 2. The second kappa shape index (κ2) is 29.0. The van der Waals surface area contributed by atoms with Crippen LogP contribution in [0.2, 0.25) is 0 Å². The van der Waals surface area contributed by atoms with Crippen molar-refractivity contribution in [3.05, 3.63) is 108 Å². The Bertz CT molecular complexity index is 2870. The molecule has 6 rings (SSSR count). The van der Waals surface area contributed by atoms with E-state index in [0.29, 0.717) is 18.5 Å². The first kappa shape index (κ1) is 62.2. The van der Waals surface area contributed by atoms with E-state index in [9.17, 15) is 57.8 Å². The molecule has 1 aromatic heterocycles. The van der Waals surface area contributed by atoms with Gasteiger partial charge in [0.1, 0.15) is 43.1 Å². The maximum atomic E-state index is 15.4. The molecule has 0 spiro atoms. The third kappa shape index (κ3) is 17.5. The third-order valence-corrected chi connectivity index (χ3v) is 14.2. The summed E-state index contributed by atoms with van der Waals surface area (Å²) in [6.45, 7) is 5.32. The predicted octanol–water partition coefficient (Wildman–Crippen LogP) is 1.70. The SMILES string of the molecule is C[C@H](CNC(=O)CC1C=CN=CC1)C(O)N1CCC[C@@H]1C(=O)N[C@@H](CC(N)=O)C(=O)N[C@@H](CCN(C(=O)CO)[C@@H](c1cc(-c2cc(F)ccc2F)cn1Cc1ccccc1)C(C)(C)C)C(=O)NCCNC(=O)CN1C(=O)C=CCC1=O. The van der Waals surface area contributed by atoms with Gasteiger partial charge in [0.2, 0.25) is 47.3 Å². The molecule has 9 amide bonds. The molecule has 2 aromatic carbocycles. The maximum absolute atomic E-state index is 15.4. The minimum absolute atomic E-state index is 0.0145. The van der Waals surface area contributed by atoms with Gasteiger partial charge in [-0.25, -0.2) is 8.78 Å². The van der Waals surface area contributed by atoms with Gasteiger partial charge in [-0.2, -0.15) is 0 Å². The van der Waals surface area contributed by atoms with Crippen LogP contribution in [0.25, 0.3) is 11.1 Å². The van der Waals surface area contributed by atoms with Gasteiger partial charge in [-0.05, 0) is 66.8 Å². The lowest BCUT2D eigenvalue weighted by Gasteiger charge is -2.41. The van der Waals surface area contributed by atoms with Crippen LogP contribution < -0.4 is 32.3 Å². The quantitative estimate of drug-likeness (QED) is 0.0400. The molecule has 3 aromatic rings. The number of hydrogen-bond donors (Lipinski definition) is 8. The van der Waals surface area contributed by atoms with Gasteiger partial charge in [-0.3, -0.25) is 57.9 Å². The van der Waals surface area contributed by atoms with Crippen molar-refractivity contribution in [1.82, 2.24) is 45.9 Å². The molecule has 1 saturated heterocycles. The number of aromatic nitrogens is 1. The summed E-state index contributed by atoms with van der Waals surface area (Å²) in [5.74, 6) is -8.58. The Labute approximate surface area is 468 Å². The van der Waals surface area contributed by atoms with E-state index in [0.717, 1.165) is 28.7 Å². The smallest absolute Gasteiger partial charge is 0.253 e. The van der Waals surface area contributed by atoms with E-state index in [1.54, 1.807) is 36.2 Å². The summed E-state index contributed by atoms with van der Waals surface area (Å²) in [7, 11) is 0. The molecule has 0 bridgehead atoms. The number of aliphatic imine (C=N–C) groups is 1. The lowest BCUT2D eigenvalue weighted by atomic mass is 9.82. The first-order valence-corrected chi connectivity index (χ1v) is 27.0.